The molecule has 64 valence electrons. The zero-order valence-electron chi connectivity index (χ0n) is 6.92. The predicted molar refractivity (Wildman–Crippen MR) is 46.4 cm³/mol. The van der Waals surface area contributed by atoms with E-state index in [9.17, 15) is 0 Å². The Labute approximate surface area is 69.2 Å². The first kappa shape index (κ1) is 12.8. The lowest BCUT2D eigenvalue weighted by molar-refractivity contribution is 0.187. The van der Waals surface area contributed by atoms with Gasteiger partial charge < -0.3 is 10.8 Å². The van der Waals surface area contributed by atoms with E-state index in [0.29, 0.717) is 5.92 Å². The van der Waals surface area contributed by atoms with Crippen molar-refractivity contribution in [2.45, 2.75) is 32.7 Å². The molecule has 0 fully saturated rings. The molecule has 0 aromatic rings. The molecule has 0 spiro atoms. The maximum absolute atomic E-state index is 8.72. The number of hydrogen-bond acceptors (Lipinski definition) is 2. The fourth-order valence-electron chi connectivity index (χ4n) is 0.997. The third-order valence-electron chi connectivity index (χ3n) is 1.24. The summed E-state index contributed by atoms with van der Waals surface area (Å²) in [4.78, 5) is 0. The average molecular weight is 168 g/mol. The highest BCUT2D eigenvalue weighted by molar-refractivity contribution is 5.85. The largest absolute Gasteiger partial charge is 0.394 e. The van der Waals surface area contributed by atoms with Gasteiger partial charge in [0.05, 0.1) is 6.61 Å². The molecule has 0 saturated carbocycles. The lowest BCUT2D eigenvalue weighted by Crippen LogP contribution is -2.41. The van der Waals surface area contributed by atoms with Crippen LogP contribution in [0.1, 0.15) is 27.2 Å². The fourth-order valence-corrected chi connectivity index (χ4v) is 0.997. The second kappa shape index (κ2) is 4.94. The highest BCUT2D eigenvalue weighted by atomic mass is 35.5. The van der Waals surface area contributed by atoms with Gasteiger partial charge in [-0.05, 0) is 19.3 Å². The molecule has 3 heteroatoms. The van der Waals surface area contributed by atoms with Gasteiger partial charge in [0, 0.05) is 5.54 Å². The normalized spacial score (nSPS) is 16.2. The second-order valence-corrected chi connectivity index (χ2v) is 3.41. The first-order chi connectivity index (χ1) is 3.98. The van der Waals surface area contributed by atoms with Crippen molar-refractivity contribution in [3.63, 3.8) is 0 Å². The fraction of sp³-hybridized carbons (Fsp3) is 1.00. The minimum absolute atomic E-state index is 0. The van der Waals surface area contributed by atoms with Crippen LogP contribution in [0.2, 0.25) is 0 Å². The van der Waals surface area contributed by atoms with Gasteiger partial charge in [-0.25, -0.2) is 0 Å². The summed E-state index contributed by atoms with van der Waals surface area (Å²) < 4.78 is 0. The highest BCUT2D eigenvalue weighted by Crippen LogP contribution is 2.11. The molecule has 0 saturated heterocycles. The lowest BCUT2D eigenvalue weighted by Gasteiger charge is -2.23. The summed E-state index contributed by atoms with van der Waals surface area (Å²) in [7, 11) is 0. The van der Waals surface area contributed by atoms with Crippen LogP contribution in [0, 0.1) is 5.92 Å². The topological polar surface area (TPSA) is 46.2 Å². The molecule has 0 rings (SSSR count). The first-order valence-electron chi connectivity index (χ1n) is 3.37. The summed E-state index contributed by atoms with van der Waals surface area (Å²) in [6, 6.07) is 0. The van der Waals surface area contributed by atoms with Crippen molar-refractivity contribution in [3.8, 4) is 0 Å². The summed E-state index contributed by atoms with van der Waals surface area (Å²) in [6.45, 7) is 6.14. The maximum Gasteiger partial charge on any atom is 0.0608 e. The van der Waals surface area contributed by atoms with Gasteiger partial charge in [0.15, 0.2) is 0 Å². The molecule has 0 heterocycles. The number of halogens is 1. The van der Waals surface area contributed by atoms with E-state index in [1.165, 1.54) is 0 Å². The zero-order chi connectivity index (χ0) is 7.49. The zero-order valence-corrected chi connectivity index (χ0v) is 7.74. The van der Waals surface area contributed by atoms with Gasteiger partial charge in [-0.1, -0.05) is 13.8 Å². The van der Waals surface area contributed by atoms with Gasteiger partial charge in [-0.2, -0.15) is 0 Å². The Balaban J connectivity index is 0. The van der Waals surface area contributed by atoms with Crippen molar-refractivity contribution in [1.82, 2.24) is 0 Å². The number of hydrogen-bond donors (Lipinski definition) is 2. The van der Waals surface area contributed by atoms with E-state index in [1.54, 1.807) is 0 Å². The van der Waals surface area contributed by atoms with Crippen molar-refractivity contribution < 1.29 is 5.11 Å². The van der Waals surface area contributed by atoms with Crippen molar-refractivity contribution in [2.75, 3.05) is 6.61 Å². The van der Waals surface area contributed by atoms with Gasteiger partial charge in [0.2, 0.25) is 0 Å². The number of rotatable bonds is 3. The summed E-state index contributed by atoms with van der Waals surface area (Å²) in [5.74, 6) is 0.562. The number of nitrogens with two attached hydrogens (primary N) is 1. The Morgan fingerprint density at radius 1 is 1.50 bits per heavy atom. The summed E-state index contributed by atoms with van der Waals surface area (Å²) in [5, 5.41) is 8.72. The van der Waals surface area contributed by atoms with E-state index < -0.39 is 0 Å². The molecule has 0 amide bonds. The van der Waals surface area contributed by atoms with Crippen LogP contribution in [0.25, 0.3) is 0 Å². The molecule has 0 aliphatic carbocycles. The Hall–Kier alpha value is 0.210. The number of aliphatic hydroxyl groups is 1. The van der Waals surface area contributed by atoms with Crippen LogP contribution in [0.5, 0.6) is 0 Å². The molecule has 0 aliphatic rings. The van der Waals surface area contributed by atoms with Crippen molar-refractivity contribution in [1.29, 1.82) is 0 Å². The van der Waals surface area contributed by atoms with Crippen LogP contribution >= 0.6 is 12.4 Å². The second-order valence-electron chi connectivity index (χ2n) is 3.41. The van der Waals surface area contributed by atoms with E-state index in [1.807, 2.05) is 6.92 Å². The van der Waals surface area contributed by atoms with Crippen LogP contribution < -0.4 is 5.73 Å². The monoisotopic (exact) mass is 167 g/mol. The molecule has 10 heavy (non-hydrogen) atoms. The molecule has 0 aromatic heterocycles. The van der Waals surface area contributed by atoms with Gasteiger partial charge in [0.1, 0.15) is 0 Å². The Kier molecular flexibility index (Phi) is 6.35. The molecule has 1 atom stereocenters. The lowest BCUT2D eigenvalue weighted by atomic mass is 9.93. The number of aliphatic hydroxyl groups excluding tert-OH is 1. The van der Waals surface area contributed by atoms with E-state index >= 15 is 0 Å². The molecule has 0 bridgehead atoms. The first-order valence-corrected chi connectivity index (χ1v) is 3.37. The van der Waals surface area contributed by atoms with E-state index in [0.717, 1.165) is 6.42 Å². The Bertz CT molecular complexity index is 83.7. The van der Waals surface area contributed by atoms with Crippen LogP contribution in [0.15, 0.2) is 0 Å². The smallest absolute Gasteiger partial charge is 0.0608 e. The highest BCUT2D eigenvalue weighted by Gasteiger charge is 2.17. The standard InChI is InChI=1S/C7H17NO.ClH/c1-6(2)4-7(3,8)5-9;/h6,9H,4-5,8H2,1-3H3;1H. The molecule has 0 radical (unpaired) electrons. The molecule has 2 nitrogen and oxygen atoms in total. The van der Waals surface area contributed by atoms with Gasteiger partial charge >= 0.3 is 0 Å². The minimum Gasteiger partial charge on any atom is -0.394 e. The predicted octanol–water partition coefficient (Wildman–Crippen LogP) is 1.16. The molecule has 3 N–H and O–H groups in total. The van der Waals surface area contributed by atoms with Gasteiger partial charge in [-0.3, -0.25) is 0 Å². The quantitative estimate of drug-likeness (QED) is 0.663. The van der Waals surface area contributed by atoms with Crippen LogP contribution in [0.3, 0.4) is 0 Å². The average Bonchev–Trinajstić information content (AvgIpc) is 1.63. The summed E-state index contributed by atoms with van der Waals surface area (Å²) in [5.41, 5.74) is 5.29. The third-order valence-corrected chi connectivity index (χ3v) is 1.24. The van der Waals surface area contributed by atoms with E-state index in [4.69, 9.17) is 10.8 Å². The van der Waals surface area contributed by atoms with Crippen LogP contribution in [-0.2, 0) is 0 Å². The minimum atomic E-state index is -0.381. The third kappa shape index (κ3) is 6.33. The Morgan fingerprint density at radius 3 is 2.00 bits per heavy atom. The Morgan fingerprint density at radius 2 is 1.90 bits per heavy atom. The SMILES string of the molecule is CC(C)CC(C)(N)CO.Cl. The van der Waals surface area contributed by atoms with Crippen LogP contribution in [-0.4, -0.2) is 17.3 Å². The molecular formula is C7H18ClNO. The summed E-state index contributed by atoms with van der Waals surface area (Å²) >= 11 is 0. The van der Waals surface area contributed by atoms with Crippen molar-refractivity contribution >= 4 is 12.4 Å². The summed E-state index contributed by atoms with van der Waals surface area (Å²) in [6.07, 6.45) is 0.878. The van der Waals surface area contributed by atoms with E-state index in [-0.39, 0.29) is 24.6 Å². The van der Waals surface area contributed by atoms with Crippen molar-refractivity contribution in [2.24, 2.45) is 11.7 Å². The maximum atomic E-state index is 8.72. The molecule has 0 aliphatic heterocycles. The molecule has 0 aromatic carbocycles. The van der Waals surface area contributed by atoms with Gasteiger partial charge in [0.25, 0.3) is 0 Å². The molecular weight excluding hydrogens is 150 g/mol. The molecule has 1 unspecified atom stereocenters. The van der Waals surface area contributed by atoms with Gasteiger partial charge in [-0.15, -0.1) is 12.4 Å². The van der Waals surface area contributed by atoms with E-state index in [2.05, 4.69) is 13.8 Å². The van der Waals surface area contributed by atoms with Crippen LogP contribution in [0.4, 0.5) is 0 Å². The van der Waals surface area contributed by atoms with Crippen molar-refractivity contribution in [3.05, 3.63) is 0 Å².